The third-order valence-corrected chi connectivity index (χ3v) is 2.27. The first-order chi connectivity index (χ1) is 8.25. The number of carbonyl (C=O) groups excluding carboxylic acids is 1. The summed E-state index contributed by atoms with van der Waals surface area (Å²) in [5.74, 6) is -0.444. The molecule has 18 heavy (non-hydrogen) atoms. The lowest BCUT2D eigenvalue weighted by Gasteiger charge is -2.17. The lowest BCUT2D eigenvalue weighted by atomic mass is 10.0. The van der Waals surface area contributed by atoms with Gasteiger partial charge in [0.05, 0.1) is 11.7 Å². The summed E-state index contributed by atoms with van der Waals surface area (Å²) in [6.45, 7) is 0.976. The zero-order valence-corrected chi connectivity index (χ0v) is 9.58. The van der Waals surface area contributed by atoms with Crippen LogP contribution in [0.1, 0.15) is 24.2 Å². The minimum Gasteiger partial charge on any atom is -0.387 e. The Morgan fingerprint density at radius 3 is 2.56 bits per heavy atom. The van der Waals surface area contributed by atoms with Crippen molar-refractivity contribution < 1.29 is 23.1 Å². The minimum absolute atomic E-state index is 0.0532. The summed E-state index contributed by atoms with van der Waals surface area (Å²) in [5, 5.41) is 11.9. The van der Waals surface area contributed by atoms with E-state index in [4.69, 9.17) is 5.73 Å². The lowest BCUT2D eigenvalue weighted by molar-refractivity contribution is -0.137. The van der Waals surface area contributed by atoms with Crippen molar-refractivity contribution in [2.24, 2.45) is 5.73 Å². The minimum atomic E-state index is -4.52. The summed E-state index contributed by atoms with van der Waals surface area (Å²) < 4.78 is 37.6. The van der Waals surface area contributed by atoms with Crippen molar-refractivity contribution in [1.82, 2.24) is 0 Å². The van der Waals surface area contributed by atoms with E-state index in [1.54, 1.807) is 0 Å². The monoisotopic (exact) mass is 262 g/mol. The van der Waals surface area contributed by atoms with Gasteiger partial charge < -0.3 is 16.2 Å². The Labute approximate surface area is 102 Å². The third kappa shape index (κ3) is 3.44. The van der Waals surface area contributed by atoms with Crippen molar-refractivity contribution in [2.75, 3.05) is 11.9 Å². The summed E-state index contributed by atoms with van der Waals surface area (Å²) in [5.41, 5.74) is 4.38. The molecule has 0 aliphatic heterocycles. The molecule has 0 bridgehead atoms. The molecule has 100 valence electrons. The molecule has 4 nitrogen and oxygen atoms in total. The van der Waals surface area contributed by atoms with Crippen LogP contribution in [0.15, 0.2) is 18.2 Å². The van der Waals surface area contributed by atoms with Crippen molar-refractivity contribution in [3.05, 3.63) is 29.3 Å². The van der Waals surface area contributed by atoms with Crippen LogP contribution >= 0.6 is 0 Å². The zero-order valence-electron chi connectivity index (χ0n) is 9.58. The van der Waals surface area contributed by atoms with E-state index < -0.39 is 23.8 Å². The van der Waals surface area contributed by atoms with E-state index in [2.05, 4.69) is 5.32 Å². The number of aliphatic hydroxyl groups is 1. The Morgan fingerprint density at radius 1 is 1.50 bits per heavy atom. The Morgan fingerprint density at radius 2 is 2.11 bits per heavy atom. The highest BCUT2D eigenvalue weighted by molar-refractivity contribution is 5.89. The Kier molecular flexibility index (Phi) is 4.31. The number of carbonyl (C=O) groups is 1. The fourth-order valence-corrected chi connectivity index (χ4v) is 1.45. The molecule has 4 N–H and O–H groups in total. The average Bonchev–Trinajstić information content (AvgIpc) is 2.26. The molecule has 1 atom stereocenters. The van der Waals surface area contributed by atoms with Crippen LogP contribution in [-0.2, 0) is 11.0 Å². The fraction of sp³-hybridized carbons (Fsp3) is 0.364. The molecule has 0 radical (unpaired) electrons. The summed E-state index contributed by atoms with van der Waals surface area (Å²) in [4.78, 5) is 10.9. The van der Waals surface area contributed by atoms with Crippen molar-refractivity contribution in [3.8, 4) is 0 Å². The second kappa shape index (κ2) is 5.36. The number of benzene rings is 1. The van der Waals surface area contributed by atoms with Gasteiger partial charge in [-0.15, -0.1) is 0 Å². The van der Waals surface area contributed by atoms with Gasteiger partial charge in [-0.3, -0.25) is 4.79 Å². The lowest BCUT2D eigenvalue weighted by Crippen LogP contribution is -2.17. The normalized spacial score (nSPS) is 13.2. The number of halogens is 3. The molecule has 1 aromatic rings. The maximum atomic E-state index is 12.5. The highest BCUT2D eigenvalue weighted by Gasteiger charge is 2.31. The Bertz CT molecular complexity index is 446. The second-order valence-corrected chi connectivity index (χ2v) is 3.73. The summed E-state index contributed by atoms with van der Waals surface area (Å²) in [6, 6.07) is 2.71. The average molecular weight is 262 g/mol. The van der Waals surface area contributed by atoms with Crippen LogP contribution in [0.3, 0.4) is 0 Å². The van der Waals surface area contributed by atoms with Crippen LogP contribution in [0.4, 0.5) is 18.9 Å². The smallest absolute Gasteiger partial charge is 0.387 e. The summed E-state index contributed by atoms with van der Waals surface area (Å²) in [7, 11) is 0. The van der Waals surface area contributed by atoms with Gasteiger partial charge in [-0.25, -0.2) is 0 Å². The van der Waals surface area contributed by atoms with Gasteiger partial charge in [-0.1, -0.05) is 0 Å². The first-order valence-electron chi connectivity index (χ1n) is 5.12. The first kappa shape index (κ1) is 14.5. The molecule has 1 rings (SSSR count). The number of rotatable bonds is 3. The molecule has 0 aliphatic carbocycles. The summed E-state index contributed by atoms with van der Waals surface area (Å²) in [6.07, 6.45) is -5.79. The largest absolute Gasteiger partial charge is 0.416 e. The van der Waals surface area contributed by atoms with Gasteiger partial charge in [-0.2, -0.15) is 13.2 Å². The molecule has 7 heteroatoms. The maximum Gasteiger partial charge on any atom is 0.416 e. The quantitative estimate of drug-likeness (QED) is 0.775. The third-order valence-electron chi connectivity index (χ3n) is 2.27. The van der Waals surface area contributed by atoms with Crippen LogP contribution in [-0.4, -0.2) is 17.6 Å². The van der Waals surface area contributed by atoms with Crippen LogP contribution in [0, 0.1) is 0 Å². The van der Waals surface area contributed by atoms with Gasteiger partial charge in [0.25, 0.3) is 0 Å². The molecule has 0 saturated carbocycles. The van der Waals surface area contributed by atoms with E-state index in [1.165, 1.54) is 6.92 Å². The highest BCUT2D eigenvalue weighted by atomic mass is 19.4. The van der Waals surface area contributed by atoms with Crippen LogP contribution in [0.5, 0.6) is 0 Å². The van der Waals surface area contributed by atoms with E-state index in [-0.39, 0.29) is 17.8 Å². The molecule has 0 fully saturated rings. The predicted molar refractivity (Wildman–Crippen MR) is 59.8 cm³/mol. The van der Waals surface area contributed by atoms with Crippen molar-refractivity contribution in [1.29, 1.82) is 0 Å². The van der Waals surface area contributed by atoms with Gasteiger partial charge in [0.15, 0.2) is 0 Å². The van der Waals surface area contributed by atoms with Crippen LogP contribution < -0.4 is 11.1 Å². The van der Waals surface area contributed by atoms with E-state index in [0.717, 1.165) is 18.2 Å². The predicted octanol–water partition coefficient (Wildman–Crippen LogP) is 1.66. The van der Waals surface area contributed by atoms with Gasteiger partial charge >= 0.3 is 6.18 Å². The number of hydrogen-bond donors (Lipinski definition) is 3. The molecule has 1 amide bonds. The van der Waals surface area contributed by atoms with Gasteiger partial charge in [0.1, 0.15) is 0 Å². The molecule has 0 spiro atoms. The van der Waals surface area contributed by atoms with Crippen LogP contribution in [0.2, 0.25) is 0 Å². The van der Waals surface area contributed by atoms with Gasteiger partial charge in [0.2, 0.25) is 5.91 Å². The van der Waals surface area contributed by atoms with Crippen molar-refractivity contribution >= 4 is 11.6 Å². The molecule has 0 saturated heterocycles. The number of nitrogens with one attached hydrogen (secondary N) is 1. The van der Waals surface area contributed by atoms with Crippen molar-refractivity contribution in [2.45, 2.75) is 19.2 Å². The van der Waals surface area contributed by atoms with Gasteiger partial charge in [0, 0.05) is 24.7 Å². The SMILES string of the molecule is CC(=O)Nc1ccc(C(F)(F)F)cc1C(O)CN. The molecular formula is C11H13F3N2O2. The highest BCUT2D eigenvalue weighted by Crippen LogP contribution is 2.33. The van der Waals surface area contributed by atoms with E-state index in [1.807, 2.05) is 0 Å². The number of aliphatic hydroxyl groups excluding tert-OH is 1. The molecule has 0 aromatic heterocycles. The summed E-state index contributed by atoms with van der Waals surface area (Å²) >= 11 is 0. The number of hydrogen-bond acceptors (Lipinski definition) is 3. The standard InChI is InChI=1S/C11H13F3N2O2/c1-6(17)16-9-3-2-7(11(12,13)14)4-8(9)10(18)5-15/h2-4,10,18H,5,15H2,1H3,(H,16,17). The molecule has 0 aliphatic rings. The van der Waals surface area contributed by atoms with Crippen LogP contribution in [0.25, 0.3) is 0 Å². The first-order valence-corrected chi connectivity index (χ1v) is 5.12. The van der Waals surface area contributed by atoms with Gasteiger partial charge in [-0.05, 0) is 18.2 Å². The molecular weight excluding hydrogens is 249 g/mol. The Balaban J connectivity index is 3.24. The topological polar surface area (TPSA) is 75.3 Å². The van der Waals surface area contributed by atoms with E-state index >= 15 is 0 Å². The molecule has 1 aromatic carbocycles. The van der Waals surface area contributed by atoms with E-state index in [9.17, 15) is 23.1 Å². The number of anilines is 1. The fourth-order valence-electron chi connectivity index (χ4n) is 1.45. The molecule has 1 unspecified atom stereocenters. The number of amides is 1. The van der Waals surface area contributed by atoms with Crippen molar-refractivity contribution in [3.63, 3.8) is 0 Å². The van der Waals surface area contributed by atoms with E-state index in [0.29, 0.717) is 0 Å². The number of nitrogens with two attached hydrogens (primary N) is 1. The molecule has 0 heterocycles. The number of alkyl halides is 3. The maximum absolute atomic E-state index is 12.5. The zero-order chi connectivity index (χ0) is 13.9. The second-order valence-electron chi connectivity index (χ2n) is 3.73. The Hall–Kier alpha value is -1.60.